The molecular weight excluding hydrogens is 354 g/mol. The van der Waals surface area contributed by atoms with Crippen molar-refractivity contribution in [2.75, 3.05) is 0 Å². The van der Waals surface area contributed by atoms with Crippen molar-refractivity contribution < 1.29 is 0 Å². The van der Waals surface area contributed by atoms with Gasteiger partial charge in [0, 0.05) is 21.5 Å². The van der Waals surface area contributed by atoms with Gasteiger partial charge in [0.25, 0.3) is 0 Å². The number of H-pyrrole nitrogens is 1. The molecular formula is C18H12ClN5S. The van der Waals surface area contributed by atoms with Gasteiger partial charge in [-0.05, 0) is 30.7 Å². The monoisotopic (exact) mass is 365 g/mol. The average Bonchev–Trinajstić information content (AvgIpc) is 3.29. The van der Waals surface area contributed by atoms with Gasteiger partial charge in [0.05, 0.1) is 5.69 Å². The van der Waals surface area contributed by atoms with Gasteiger partial charge < -0.3 is 4.98 Å². The van der Waals surface area contributed by atoms with Crippen molar-refractivity contribution >= 4 is 38.8 Å². The number of nitrogens with one attached hydrogen (secondary N) is 1. The Balaban J connectivity index is 1.85. The Morgan fingerprint density at radius 3 is 2.72 bits per heavy atom. The molecule has 5 nitrogen and oxygen atoms in total. The number of rotatable bonds is 2. The van der Waals surface area contributed by atoms with Gasteiger partial charge in [-0.2, -0.15) is 9.61 Å². The van der Waals surface area contributed by atoms with Crippen molar-refractivity contribution in [3.05, 3.63) is 59.4 Å². The van der Waals surface area contributed by atoms with Crippen molar-refractivity contribution in [1.29, 1.82) is 0 Å². The van der Waals surface area contributed by atoms with Gasteiger partial charge in [0.15, 0.2) is 10.8 Å². The lowest BCUT2D eigenvalue weighted by Gasteiger charge is -2.03. The van der Waals surface area contributed by atoms with Crippen molar-refractivity contribution in [3.8, 4) is 21.8 Å². The Labute approximate surface area is 151 Å². The van der Waals surface area contributed by atoms with Crippen molar-refractivity contribution in [1.82, 2.24) is 24.8 Å². The molecule has 0 atom stereocenters. The maximum atomic E-state index is 6.25. The zero-order valence-electron chi connectivity index (χ0n) is 13.2. The summed E-state index contributed by atoms with van der Waals surface area (Å²) < 4.78 is 1.77. The first kappa shape index (κ1) is 14.6. The highest BCUT2D eigenvalue weighted by molar-refractivity contribution is 7.19. The van der Waals surface area contributed by atoms with Crippen molar-refractivity contribution in [2.24, 2.45) is 0 Å². The molecule has 3 aromatic heterocycles. The number of fused-ring (bicyclic) bond motifs is 2. The fourth-order valence-corrected chi connectivity index (χ4v) is 4.11. The fraction of sp³-hybridized carbons (Fsp3) is 0.0556. The lowest BCUT2D eigenvalue weighted by atomic mass is 10.0. The third-order valence-electron chi connectivity index (χ3n) is 4.18. The second-order valence-corrected chi connectivity index (χ2v) is 7.17. The normalized spacial score (nSPS) is 11.6. The van der Waals surface area contributed by atoms with Crippen LogP contribution >= 0.6 is 22.9 Å². The van der Waals surface area contributed by atoms with E-state index in [1.54, 1.807) is 4.52 Å². The molecule has 0 radical (unpaired) electrons. The molecule has 0 aliphatic carbocycles. The maximum absolute atomic E-state index is 6.25. The minimum absolute atomic E-state index is 0.712. The van der Waals surface area contributed by atoms with E-state index < -0.39 is 0 Å². The van der Waals surface area contributed by atoms with E-state index in [2.05, 4.69) is 27.3 Å². The van der Waals surface area contributed by atoms with Gasteiger partial charge in [-0.15, -0.1) is 10.2 Å². The first-order valence-corrected chi connectivity index (χ1v) is 8.96. The Bertz CT molecular complexity index is 1220. The van der Waals surface area contributed by atoms with Crippen LogP contribution in [0.15, 0.2) is 48.5 Å². The maximum Gasteiger partial charge on any atom is 0.235 e. The Hall–Kier alpha value is -2.70. The van der Waals surface area contributed by atoms with E-state index >= 15 is 0 Å². The zero-order valence-corrected chi connectivity index (χ0v) is 14.8. The van der Waals surface area contributed by atoms with Crippen LogP contribution < -0.4 is 0 Å². The summed E-state index contributed by atoms with van der Waals surface area (Å²) in [5, 5.41) is 15.6. The molecule has 0 amide bonds. The molecule has 0 fully saturated rings. The number of aromatic amines is 1. The topological polar surface area (TPSA) is 58.9 Å². The Kier molecular flexibility index (Phi) is 3.16. The lowest BCUT2D eigenvalue weighted by molar-refractivity contribution is 0.896. The summed E-state index contributed by atoms with van der Waals surface area (Å²) in [6, 6.07) is 16.1. The van der Waals surface area contributed by atoms with E-state index in [0.717, 1.165) is 43.5 Å². The third kappa shape index (κ3) is 2.26. The molecule has 2 aromatic carbocycles. The fourth-order valence-electron chi connectivity index (χ4n) is 3.04. The molecule has 0 aliphatic rings. The minimum atomic E-state index is 0.712. The van der Waals surface area contributed by atoms with Gasteiger partial charge in [-0.3, -0.25) is 0 Å². The quantitative estimate of drug-likeness (QED) is 0.481. The minimum Gasteiger partial charge on any atom is -0.352 e. The first-order valence-electron chi connectivity index (χ1n) is 7.76. The highest BCUT2D eigenvalue weighted by Gasteiger charge is 2.19. The van der Waals surface area contributed by atoms with E-state index in [1.165, 1.54) is 11.3 Å². The first-order chi connectivity index (χ1) is 12.2. The molecule has 0 saturated heterocycles. The van der Waals surface area contributed by atoms with Crippen LogP contribution in [0.1, 0.15) is 5.82 Å². The van der Waals surface area contributed by atoms with Crippen LogP contribution in [0.4, 0.5) is 0 Å². The van der Waals surface area contributed by atoms with Gasteiger partial charge in [0.1, 0.15) is 0 Å². The molecule has 7 heteroatoms. The van der Waals surface area contributed by atoms with Crippen LogP contribution in [0.2, 0.25) is 5.02 Å². The van der Waals surface area contributed by atoms with E-state index in [1.807, 2.05) is 43.3 Å². The van der Waals surface area contributed by atoms with Crippen LogP contribution in [-0.4, -0.2) is 24.8 Å². The SMILES string of the molecule is Cc1nnc2sc(-c3[nH]c4ccc(Cl)cc4c3-c3ccccc3)nn12. The molecule has 0 saturated carbocycles. The molecule has 0 bridgehead atoms. The van der Waals surface area contributed by atoms with Gasteiger partial charge >= 0.3 is 0 Å². The van der Waals surface area contributed by atoms with Gasteiger partial charge in [-0.25, -0.2) is 0 Å². The van der Waals surface area contributed by atoms with Gasteiger partial charge in [-0.1, -0.05) is 53.3 Å². The van der Waals surface area contributed by atoms with Crippen molar-refractivity contribution in [2.45, 2.75) is 6.92 Å². The van der Waals surface area contributed by atoms with Crippen LogP contribution in [0.3, 0.4) is 0 Å². The van der Waals surface area contributed by atoms with Crippen LogP contribution in [-0.2, 0) is 0 Å². The number of benzene rings is 2. The molecule has 5 aromatic rings. The van der Waals surface area contributed by atoms with Crippen LogP contribution in [0.25, 0.3) is 37.7 Å². The molecule has 0 aliphatic heterocycles. The van der Waals surface area contributed by atoms with Gasteiger partial charge in [0.2, 0.25) is 4.96 Å². The molecule has 0 spiro atoms. The number of aromatic nitrogens is 5. The summed E-state index contributed by atoms with van der Waals surface area (Å²) in [4.78, 5) is 4.28. The number of hydrogen-bond donors (Lipinski definition) is 1. The number of nitrogens with zero attached hydrogens (tertiary/aromatic N) is 4. The Morgan fingerprint density at radius 2 is 1.92 bits per heavy atom. The predicted molar refractivity (Wildman–Crippen MR) is 101 cm³/mol. The lowest BCUT2D eigenvalue weighted by Crippen LogP contribution is -1.89. The summed E-state index contributed by atoms with van der Waals surface area (Å²) in [7, 11) is 0. The number of halogens is 1. The zero-order chi connectivity index (χ0) is 17.0. The second-order valence-electron chi connectivity index (χ2n) is 5.78. The van der Waals surface area contributed by atoms with E-state index in [0.29, 0.717) is 5.02 Å². The molecule has 0 unspecified atom stereocenters. The molecule has 5 rings (SSSR count). The van der Waals surface area contributed by atoms with E-state index in [-0.39, 0.29) is 0 Å². The highest BCUT2D eigenvalue weighted by atomic mass is 35.5. The van der Waals surface area contributed by atoms with Crippen LogP contribution in [0, 0.1) is 6.92 Å². The number of aryl methyl sites for hydroxylation is 1. The molecule has 122 valence electrons. The Morgan fingerprint density at radius 1 is 1.08 bits per heavy atom. The third-order valence-corrected chi connectivity index (χ3v) is 5.34. The summed E-state index contributed by atoms with van der Waals surface area (Å²) >= 11 is 7.77. The smallest absolute Gasteiger partial charge is 0.235 e. The average molecular weight is 366 g/mol. The van der Waals surface area contributed by atoms with E-state index in [4.69, 9.17) is 16.7 Å². The largest absolute Gasteiger partial charge is 0.352 e. The molecule has 1 N–H and O–H groups in total. The summed E-state index contributed by atoms with van der Waals surface area (Å²) in [6.45, 7) is 1.90. The highest BCUT2D eigenvalue weighted by Crippen LogP contribution is 2.40. The second kappa shape index (κ2) is 5.40. The van der Waals surface area contributed by atoms with Crippen LogP contribution in [0.5, 0.6) is 0 Å². The molecule has 25 heavy (non-hydrogen) atoms. The summed E-state index contributed by atoms with van der Waals surface area (Å²) in [5.74, 6) is 0.776. The standard InChI is InChI=1S/C18H12ClN5S/c1-10-21-22-18-24(10)23-17(25-18)16-15(11-5-3-2-4-6-11)13-9-12(19)7-8-14(13)20-16/h2-9,20H,1H3. The van der Waals surface area contributed by atoms with E-state index in [9.17, 15) is 0 Å². The summed E-state index contributed by atoms with van der Waals surface area (Å²) in [5.41, 5.74) is 4.22. The number of hydrogen-bond acceptors (Lipinski definition) is 4. The molecule has 3 heterocycles. The summed E-state index contributed by atoms with van der Waals surface area (Å²) in [6.07, 6.45) is 0. The van der Waals surface area contributed by atoms with Crippen molar-refractivity contribution in [3.63, 3.8) is 0 Å². The predicted octanol–water partition coefficient (Wildman–Crippen LogP) is 4.96.